The van der Waals surface area contributed by atoms with Crippen LogP contribution in [0.15, 0.2) is 50.1 Å². The molecule has 1 heterocycles. The van der Waals surface area contributed by atoms with Crippen LogP contribution in [0.3, 0.4) is 0 Å². The second-order valence-corrected chi connectivity index (χ2v) is 5.63. The third-order valence-electron chi connectivity index (χ3n) is 2.85. The lowest BCUT2D eigenvalue weighted by Crippen LogP contribution is -2.12. The van der Waals surface area contributed by atoms with E-state index in [4.69, 9.17) is 16.0 Å². The van der Waals surface area contributed by atoms with Gasteiger partial charge in [0.25, 0.3) is 5.91 Å². The number of carbonyl (C=O) groups is 1. The fourth-order valence-electron chi connectivity index (χ4n) is 1.90. The van der Waals surface area contributed by atoms with Gasteiger partial charge in [0, 0.05) is 10.2 Å². The number of nitrogens with one attached hydrogen (secondary N) is 2. The Morgan fingerprint density at radius 3 is 2.86 bits per heavy atom. The Bertz CT molecular complexity index is 901. The summed E-state index contributed by atoms with van der Waals surface area (Å²) in [7, 11) is 0. The number of hydrogen-bond acceptors (Lipinski definition) is 3. The van der Waals surface area contributed by atoms with E-state index in [1.165, 1.54) is 0 Å². The third kappa shape index (κ3) is 2.86. The minimum atomic E-state index is -0.538. The molecule has 0 unspecified atom stereocenters. The number of halogens is 2. The van der Waals surface area contributed by atoms with Gasteiger partial charge in [-0.2, -0.15) is 0 Å². The molecule has 5 nitrogen and oxygen atoms in total. The van der Waals surface area contributed by atoms with Crippen molar-refractivity contribution in [3.05, 3.63) is 62.0 Å². The van der Waals surface area contributed by atoms with Crippen molar-refractivity contribution in [1.82, 2.24) is 4.98 Å². The van der Waals surface area contributed by atoms with Crippen molar-refractivity contribution < 1.29 is 9.21 Å². The van der Waals surface area contributed by atoms with Crippen molar-refractivity contribution >= 4 is 50.2 Å². The number of aromatic nitrogens is 1. The molecule has 0 radical (unpaired) electrons. The molecule has 21 heavy (non-hydrogen) atoms. The van der Waals surface area contributed by atoms with Crippen molar-refractivity contribution in [1.29, 1.82) is 0 Å². The smallest absolute Gasteiger partial charge is 0.408 e. The van der Waals surface area contributed by atoms with Crippen LogP contribution in [0, 0.1) is 0 Å². The van der Waals surface area contributed by atoms with Gasteiger partial charge < -0.3 is 9.73 Å². The van der Waals surface area contributed by atoms with Gasteiger partial charge in [-0.05, 0) is 36.4 Å². The third-order valence-corrected chi connectivity index (χ3v) is 3.67. The normalized spacial score (nSPS) is 10.8. The standard InChI is InChI=1S/C14H8BrClN2O3/c15-7-1-3-10(16)9(5-7)13(19)17-8-2-4-12-11(6-8)18-14(20)21-12/h1-6H,(H,17,19)(H,18,20). The molecule has 0 bridgehead atoms. The van der Waals surface area contributed by atoms with Gasteiger partial charge in [-0.1, -0.05) is 27.5 Å². The zero-order valence-corrected chi connectivity index (χ0v) is 12.8. The maximum Gasteiger partial charge on any atom is 0.417 e. The van der Waals surface area contributed by atoms with Crippen LogP contribution in [0.4, 0.5) is 5.69 Å². The van der Waals surface area contributed by atoms with E-state index in [1.807, 2.05) is 0 Å². The molecule has 3 rings (SSSR count). The molecule has 0 aliphatic carbocycles. The van der Waals surface area contributed by atoms with Crippen LogP contribution >= 0.6 is 27.5 Å². The summed E-state index contributed by atoms with van der Waals surface area (Å²) in [5, 5.41) is 3.07. The van der Waals surface area contributed by atoms with E-state index >= 15 is 0 Å². The van der Waals surface area contributed by atoms with Gasteiger partial charge in [-0.3, -0.25) is 9.78 Å². The maximum absolute atomic E-state index is 12.2. The Balaban J connectivity index is 1.92. The summed E-state index contributed by atoms with van der Waals surface area (Å²) in [4.78, 5) is 25.8. The zero-order chi connectivity index (χ0) is 15.0. The average molecular weight is 368 g/mol. The van der Waals surface area contributed by atoms with Crippen LogP contribution < -0.4 is 11.1 Å². The molecule has 2 aromatic carbocycles. The lowest BCUT2D eigenvalue weighted by atomic mass is 10.2. The predicted octanol–water partition coefficient (Wildman–Crippen LogP) is 3.79. The van der Waals surface area contributed by atoms with Crippen molar-refractivity contribution in [3.63, 3.8) is 0 Å². The largest absolute Gasteiger partial charge is 0.417 e. The quantitative estimate of drug-likeness (QED) is 0.723. The van der Waals surface area contributed by atoms with Crippen LogP contribution in [-0.4, -0.2) is 10.9 Å². The fraction of sp³-hybridized carbons (Fsp3) is 0. The molecule has 0 saturated heterocycles. The number of amides is 1. The molecule has 0 aliphatic rings. The van der Waals surface area contributed by atoms with Crippen molar-refractivity contribution in [3.8, 4) is 0 Å². The van der Waals surface area contributed by atoms with Gasteiger partial charge in [-0.25, -0.2) is 4.79 Å². The van der Waals surface area contributed by atoms with Crippen molar-refractivity contribution in [2.45, 2.75) is 0 Å². The molecule has 2 N–H and O–H groups in total. The Morgan fingerprint density at radius 1 is 1.24 bits per heavy atom. The number of rotatable bonds is 2. The number of H-pyrrole nitrogens is 1. The Hall–Kier alpha value is -2.05. The first-order chi connectivity index (χ1) is 10.0. The zero-order valence-electron chi connectivity index (χ0n) is 10.4. The highest BCUT2D eigenvalue weighted by Crippen LogP contribution is 2.23. The summed E-state index contributed by atoms with van der Waals surface area (Å²) in [5.74, 6) is -0.880. The van der Waals surface area contributed by atoms with E-state index in [0.29, 0.717) is 27.4 Å². The fourth-order valence-corrected chi connectivity index (χ4v) is 2.46. The van der Waals surface area contributed by atoms with Gasteiger partial charge in [0.2, 0.25) is 0 Å². The van der Waals surface area contributed by atoms with Gasteiger partial charge in [0.1, 0.15) is 0 Å². The molecule has 1 aromatic heterocycles. The number of anilines is 1. The van der Waals surface area contributed by atoms with Crippen LogP contribution in [-0.2, 0) is 0 Å². The Morgan fingerprint density at radius 2 is 2.05 bits per heavy atom. The first-order valence-corrected chi connectivity index (χ1v) is 7.09. The van der Waals surface area contributed by atoms with Crippen molar-refractivity contribution in [2.75, 3.05) is 5.32 Å². The minimum Gasteiger partial charge on any atom is -0.408 e. The maximum atomic E-state index is 12.2. The SMILES string of the molecule is O=C(Nc1ccc2oc(=O)[nH]c2c1)c1cc(Br)ccc1Cl. The molecular formula is C14H8BrClN2O3. The van der Waals surface area contributed by atoms with E-state index in [9.17, 15) is 9.59 Å². The first kappa shape index (κ1) is 13.9. The van der Waals surface area contributed by atoms with Crippen LogP contribution in [0.2, 0.25) is 5.02 Å². The second-order valence-electron chi connectivity index (χ2n) is 4.30. The van der Waals surface area contributed by atoms with Gasteiger partial charge >= 0.3 is 5.76 Å². The van der Waals surface area contributed by atoms with E-state index in [0.717, 1.165) is 4.47 Å². The summed E-state index contributed by atoms with van der Waals surface area (Å²) in [6, 6.07) is 9.88. The van der Waals surface area contributed by atoms with Gasteiger partial charge in [0.05, 0.1) is 16.1 Å². The van der Waals surface area contributed by atoms with Crippen molar-refractivity contribution in [2.24, 2.45) is 0 Å². The Kier molecular flexibility index (Phi) is 3.57. The lowest BCUT2D eigenvalue weighted by molar-refractivity contribution is 0.102. The molecule has 1 amide bonds. The van der Waals surface area contributed by atoms with E-state index in [2.05, 4.69) is 26.2 Å². The number of fused-ring (bicyclic) bond motifs is 1. The van der Waals surface area contributed by atoms with E-state index in [1.54, 1.807) is 36.4 Å². The summed E-state index contributed by atoms with van der Waals surface area (Å²) in [6.07, 6.45) is 0. The topological polar surface area (TPSA) is 75.1 Å². The molecule has 7 heteroatoms. The first-order valence-electron chi connectivity index (χ1n) is 5.92. The second kappa shape index (κ2) is 5.38. The summed E-state index contributed by atoms with van der Waals surface area (Å²) >= 11 is 9.31. The number of carbonyl (C=O) groups excluding carboxylic acids is 1. The van der Waals surface area contributed by atoms with E-state index in [-0.39, 0.29) is 5.91 Å². The van der Waals surface area contributed by atoms with Crippen LogP contribution in [0.1, 0.15) is 10.4 Å². The molecule has 0 fully saturated rings. The lowest BCUT2D eigenvalue weighted by Gasteiger charge is -2.07. The number of benzene rings is 2. The summed E-state index contributed by atoms with van der Waals surface area (Å²) < 4.78 is 5.65. The summed E-state index contributed by atoms with van der Waals surface area (Å²) in [6.45, 7) is 0. The highest BCUT2D eigenvalue weighted by Gasteiger charge is 2.12. The summed E-state index contributed by atoms with van der Waals surface area (Å²) in [5.41, 5.74) is 1.82. The molecule has 3 aromatic rings. The van der Waals surface area contributed by atoms with Crippen LogP contribution in [0.5, 0.6) is 0 Å². The highest BCUT2D eigenvalue weighted by atomic mass is 79.9. The molecule has 0 atom stereocenters. The molecule has 0 spiro atoms. The predicted molar refractivity (Wildman–Crippen MR) is 83.9 cm³/mol. The molecule has 0 aliphatic heterocycles. The monoisotopic (exact) mass is 366 g/mol. The Labute approximate surface area is 132 Å². The van der Waals surface area contributed by atoms with E-state index < -0.39 is 5.76 Å². The molecule has 106 valence electrons. The van der Waals surface area contributed by atoms with Gasteiger partial charge in [0.15, 0.2) is 5.58 Å². The number of hydrogen-bond donors (Lipinski definition) is 2. The highest BCUT2D eigenvalue weighted by molar-refractivity contribution is 9.10. The molecule has 0 saturated carbocycles. The van der Waals surface area contributed by atoms with Crippen LogP contribution in [0.25, 0.3) is 11.1 Å². The van der Waals surface area contributed by atoms with Gasteiger partial charge in [-0.15, -0.1) is 0 Å². The minimum absolute atomic E-state index is 0.341. The average Bonchev–Trinajstić information content (AvgIpc) is 2.80. The number of aromatic amines is 1. The molecular weight excluding hydrogens is 360 g/mol. The number of oxazole rings is 1.